The van der Waals surface area contributed by atoms with E-state index in [0.717, 1.165) is 94.7 Å². The predicted octanol–water partition coefficient (Wildman–Crippen LogP) is 12.8. The van der Waals surface area contributed by atoms with Crippen LogP contribution in [0.15, 0.2) is 96.0 Å². The van der Waals surface area contributed by atoms with Crippen molar-refractivity contribution in [3.8, 4) is 0 Å². The summed E-state index contributed by atoms with van der Waals surface area (Å²) in [6.07, 6.45) is 20.9. The van der Waals surface area contributed by atoms with Crippen LogP contribution in [0, 0.1) is 22.2 Å². The number of aliphatic hydroxyl groups excluding tert-OH is 2. The van der Waals surface area contributed by atoms with Gasteiger partial charge < -0.3 is 39.5 Å². The maximum Gasteiger partial charge on any atom is 0.352 e. The van der Waals surface area contributed by atoms with E-state index in [1.807, 2.05) is 17.6 Å². The topological polar surface area (TPSA) is 167 Å². The first kappa shape index (κ1) is 61.5. The minimum atomic E-state index is -0.812. The van der Waals surface area contributed by atoms with Crippen molar-refractivity contribution in [2.75, 3.05) is 59.1 Å². The summed E-state index contributed by atoms with van der Waals surface area (Å²) < 4.78 is 12.9. The molecule has 13 heterocycles. The van der Waals surface area contributed by atoms with Gasteiger partial charge in [-0.05, 0) is 170 Å². The highest BCUT2D eigenvalue weighted by molar-refractivity contribution is 6.18. The molecule has 0 spiro atoms. The predicted molar refractivity (Wildman–Crippen MR) is 349 cm³/mol. The number of nitrogens with zero attached hydrogens (tertiary/aromatic N) is 7. The van der Waals surface area contributed by atoms with Crippen molar-refractivity contribution in [3.05, 3.63) is 125 Å². The molecule has 10 aliphatic rings. The molecule has 0 amide bonds. The number of piperidine rings is 3. The summed E-state index contributed by atoms with van der Waals surface area (Å²) in [7, 11) is 0. The summed E-state index contributed by atoms with van der Waals surface area (Å²) in [6, 6.07) is 27.2. The zero-order valence-electron chi connectivity index (χ0n) is 50.5. The lowest BCUT2D eigenvalue weighted by Gasteiger charge is -2.53. The Hall–Kier alpha value is -6.13. The Kier molecular flexibility index (Phi) is 17.2. The van der Waals surface area contributed by atoms with E-state index < -0.39 is 5.97 Å². The number of Topliss-reactive ketones (excluding diaryl/α,β-unsaturated/α-hetero) is 1. The van der Waals surface area contributed by atoms with Gasteiger partial charge in [0, 0.05) is 88.2 Å². The van der Waals surface area contributed by atoms with Crippen molar-refractivity contribution < 1.29 is 29.6 Å². The number of nitrogens with two attached hydrogens (primary N) is 1. The number of carboxylic acids is 1. The fraction of sp³-hybridized carbons (Fsp3) is 0.542. The summed E-state index contributed by atoms with van der Waals surface area (Å²) in [4.78, 5) is 38.4. The standard InChI is InChI=1S/C24H30N2O2.C23H27N3O.C20H22N2O2.C3H9NO.2CH4/c1-3-24-10-6-11-25-12-9-18-17-7-4-5-8-19(17)26(22(18)23(24)25)20(14-24)21(28)13-16(2)15-27;1-3-23-10-6-11-25-12-9-17-16-7-4-5-8-18(16)26(20(17)21(23)25)19(13-23)22-24-15(2)14-27-22;1-2-20-9-5-10-21-11-8-14-13-6-3-4-7-15(13)22(17(14)18(20)21)16(12-20)19(23)24;1-3(4)2-5;;/h4-5,7-8,14,16,23,27H,3,6,9-13,15H2,1-2H3;4-5,7-8,13,15,21H,3,6,9-12,14H2,1-2H3;3-4,6-7,12,18H,2,5,8-11H2,1H3,(H,23,24);3,5H,2,4H2,1H3;2*1H4/t16-,23-,24+;15-,21+,23-;18-,20+;3-;;/m1010../s1. The highest BCUT2D eigenvalue weighted by atomic mass is 16.5. The molecule has 6 aromatic rings. The Labute approximate surface area is 510 Å². The lowest BCUT2D eigenvalue weighted by molar-refractivity contribution is -0.131. The number of carboxylic acid groups (broad SMARTS) is 1. The number of aliphatic imine (C=N–C) groups is 1. The summed E-state index contributed by atoms with van der Waals surface area (Å²) in [6.45, 7) is 20.4. The second kappa shape index (κ2) is 24.1. The monoisotopic (exact) mass is 1170 g/mol. The summed E-state index contributed by atoms with van der Waals surface area (Å²) >= 11 is 0. The van der Waals surface area contributed by atoms with Crippen LogP contribution in [-0.4, -0.2) is 133 Å². The van der Waals surface area contributed by atoms with Gasteiger partial charge >= 0.3 is 5.97 Å². The number of benzene rings is 3. The van der Waals surface area contributed by atoms with Crippen LogP contribution < -0.4 is 5.73 Å². The number of ketones is 1. The maximum atomic E-state index is 13.4. The Balaban J connectivity index is 0.000000128. The van der Waals surface area contributed by atoms with E-state index in [4.69, 9.17) is 20.6 Å². The van der Waals surface area contributed by atoms with Gasteiger partial charge in [-0.15, -0.1) is 0 Å². The molecular formula is C72H96N8O6. The van der Waals surface area contributed by atoms with Gasteiger partial charge in [-0.25, -0.2) is 9.79 Å². The van der Waals surface area contributed by atoms with Crippen molar-refractivity contribution in [3.63, 3.8) is 0 Å². The molecule has 16 rings (SSSR count). The number of fused-ring (bicyclic) bond motifs is 9. The summed E-state index contributed by atoms with van der Waals surface area (Å²) in [5.74, 6) is 0.191. The maximum absolute atomic E-state index is 13.4. The highest BCUT2D eigenvalue weighted by Gasteiger charge is 2.54. The number of carbonyl (C=O) groups excluding carboxylic acids is 1. The van der Waals surface area contributed by atoms with Gasteiger partial charge in [0.25, 0.3) is 0 Å². The number of carbonyl (C=O) groups is 2. The third kappa shape index (κ3) is 9.69. The average molecular weight is 1170 g/mol. The first-order valence-electron chi connectivity index (χ1n) is 32.0. The van der Waals surface area contributed by atoms with Crippen molar-refractivity contribution in [1.29, 1.82) is 0 Å². The van der Waals surface area contributed by atoms with Crippen molar-refractivity contribution >= 4 is 67.5 Å². The van der Waals surface area contributed by atoms with Gasteiger partial charge in [-0.1, -0.05) is 97.1 Å². The summed E-state index contributed by atoms with van der Waals surface area (Å²) in [5, 5.41) is 31.4. The minimum absolute atomic E-state index is 0. The van der Waals surface area contributed by atoms with Gasteiger partial charge in [0.2, 0.25) is 5.90 Å². The lowest BCUT2D eigenvalue weighted by Crippen LogP contribution is -2.51. The molecule has 5 N–H and O–H groups in total. The van der Waals surface area contributed by atoms with Crippen molar-refractivity contribution in [2.24, 2.45) is 32.9 Å². The van der Waals surface area contributed by atoms with Gasteiger partial charge in [0.1, 0.15) is 18.0 Å². The lowest BCUT2D eigenvalue weighted by atomic mass is 9.66. The molecule has 10 aliphatic heterocycles. The summed E-state index contributed by atoms with van der Waals surface area (Å²) in [5.41, 5.74) is 19.8. The van der Waals surface area contributed by atoms with E-state index in [0.29, 0.717) is 36.9 Å². The van der Waals surface area contributed by atoms with Gasteiger partial charge in [-0.3, -0.25) is 19.5 Å². The van der Waals surface area contributed by atoms with Crippen LogP contribution in [0.2, 0.25) is 0 Å². The number of allylic oxidation sites excluding steroid dienone is 1. The third-order valence-electron chi connectivity index (χ3n) is 21.4. The molecule has 0 saturated carbocycles. The fourth-order valence-electron chi connectivity index (χ4n) is 17.5. The molecule has 14 heteroatoms. The molecule has 0 bridgehead atoms. The molecule has 460 valence electrons. The van der Waals surface area contributed by atoms with Crippen LogP contribution in [0.5, 0.6) is 0 Å². The first-order valence-corrected chi connectivity index (χ1v) is 32.0. The normalized spacial score (nSPS) is 27.8. The number of hydrogen-bond donors (Lipinski definition) is 4. The number of ether oxygens (including phenoxy) is 1. The first-order chi connectivity index (χ1) is 40.7. The highest BCUT2D eigenvalue weighted by Crippen LogP contribution is 2.60. The number of aromatic nitrogens is 3. The number of aliphatic hydroxyl groups is 2. The molecule has 3 aromatic heterocycles. The Bertz CT molecular complexity index is 3690. The van der Waals surface area contributed by atoms with Crippen LogP contribution in [0.4, 0.5) is 0 Å². The van der Waals surface area contributed by atoms with Gasteiger partial charge in [-0.2, -0.15) is 0 Å². The second-order valence-corrected chi connectivity index (χ2v) is 26.3. The van der Waals surface area contributed by atoms with E-state index in [-0.39, 0.29) is 68.1 Å². The molecule has 3 fully saturated rings. The Morgan fingerprint density at radius 2 is 1.00 bits per heavy atom. The third-order valence-corrected chi connectivity index (χ3v) is 21.4. The van der Waals surface area contributed by atoms with Crippen LogP contribution in [0.25, 0.3) is 49.8 Å². The number of rotatable bonds is 10. The van der Waals surface area contributed by atoms with Crippen LogP contribution in [0.1, 0.15) is 173 Å². The van der Waals surface area contributed by atoms with Gasteiger partial charge in [0.15, 0.2) is 5.78 Å². The van der Waals surface area contributed by atoms with E-state index in [1.54, 1.807) is 12.5 Å². The molecule has 14 nitrogen and oxygen atoms in total. The fourth-order valence-corrected chi connectivity index (χ4v) is 17.5. The van der Waals surface area contributed by atoms with Gasteiger partial charge in [0.05, 0.1) is 53.0 Å². The van der Waals surface area contributed by atoms with Crippen molar-refractivity contribution in [2.45, 2.75) is 170 Å². The number of para-hydroxylation sites is 3. The smallest absolute Gasteiger partial charge is 0.352 e. The van der Waals surface area contributed by atoms with Crippen molar-refractivity contribution in [1.82, 2.24) is 28.4 Å². The number of hydrogen-bond acceptors (Lipinski definition) is 10. The molecule has 3 saturated heterocycles. The van der Waals surface area contributed by atoms with E-state index in [1.165, 1.54) is 99.9 Å². The molecule has 9 atom stereocenters. The SMILES string of the molecule is C.C.CC[C@@]12C=C(C(=O)C[C@@H](C)CO)n3c4c(c5ccccc53)CCN(CCC1)[C@H]42.CC[C@@]12C=C(C(=O)O)n3c4c(c5ccccc53)CCN(CCC1)[C@H]42.CC[C@@]12C=C(C3=N[C@@H](C)CO3)n3c4c(c5ccccc53)CCN(CCC1)[C@H]42.C[C@H](N)CO. The largest absolute Gasteiger partial charge is 0.477 e. The van der Waals surface area contributed by atoms with E-state index in [2.05, 4.69) is 136 Å². The molecule has 0 radical (unpaired) electrons. The Morgan fingerprint density at radius 1 is 0.605 bits per heavy atom. The molecular weight excluding hydrogens is 1070 g/mol. The molecule has 0 aliphatic carbocycles. The minimum Gasteiger partial charge on any atom is -0.477 e. The Morgan fingerprint density at radius 3 is 1.40 bits per heavy atom. The second-order valence-electron chi connectivity index (χ2n) is 26.3. The molecule has 0 unspecified atom stereocenters. The quantitative estimate of drug-likeness (QED) is 0.104. The van der Waals surface area contributed by atoms with Crippen LogP contribution in [0.3, 0.4) is 0 Å². The number of aliphatic carboxylic acids is 1. The zero-order chi connectivity index (χ0) is 58.4. The average Bonchev–Trinajstić information content (AvgIpc) is 1.49. The zero-order valence-corrected chi connectivity index (χ0v) is 50.5. The van der Waals surface area contributed by atoms with Crippen LogP contribution >= 0.6 is 0 Å². The molecule has 3 aromatic carbocycles. The van der Waals surface area contributed by atoms with Crippen LogP contribution in [-0.2, 0) is 33.6 Å². The van der Waals surface area contributed by atoms with E-state index in [9.17, 15) is 19.8 Å². The van der Waals surface area contributed by atoms with E-state index >= 15 is 0 Å². The molecule has 86 heavy (non-hydrogen) atoms.